The number of hydrogen-bond donors (Lipinski definition) is 0. The van der Waals surface area contributed by atoms with Crippen molar-refractivity contribution in [1.82, 2.24) is 0 Å². The maximum absolute atomic E-state index is 11.9. The van der Waals surface area contributed by atoms with E-state index in [9.17, 15) is 4.79 Å². The topological polar surface area (TPSA) is 39.4 Å². The van der Waals surface area contributed by atoms with E-state index in [-0.39, 0.29) is 11.7 Å². The van der Waals surface area contributed by atoms with Crippen LogP contribution >= 0.6 is 0 Å². The van der Waals surface area contributed by atoms with E-state index in [0.29, 0.717) is 19.0 Å². The zero-order valence-electron chi connectivity index (χ0n) is 8.29. The first kappa shape index (κ1) is 9.46. The minimum atomic E-state index is 0.0913. The predicted octanol–water partition coefficient (Wildman–Crippen LogP) is 2.20. The van der Waals surface area contributed by atoms with Gasteiger partial charge in [0.25, 0.3) is 0 Å². The van der Waals surface area contributed by atoms with Crippen molar-refractivity contribution in [2.45, 2.75) is 19.8 Å². The Hall–Kier alpha value is -1.09. The summed E-state index contributed by atoms with van der Waals surface area (Å²) in [7, 11) is 0. The SMILES string of the molecule is Cc1ccoc1C(=O)C1CCOCC1. The fourth-order valence-corrected chi connectivity index (χ4v) is 1.77. The van der Waals surface area contributed by atoms with E-state index in [1.54, 1.807) is 6.26 Å². The number of hydrogen-bond acceptors (Lipinski definition) is 3. The van der Waals surface area contributed by atoms with Crippen LogP contribution in [0.1, 0.15) is 29.0 Å². The van der Waals surface area contributed by atoms with E-state index in [2.05, 4.69) is 0 Å². The molecule has 1 saturated heterocycles. The fraction of sp³-hybridized carbons (Fsp3) is 0.545. The molecule has 2 rings (SSSR count). The molecule has 14 heavy (non-hydrogen) atoms. The predicted molar refractivity (Wildman–Crippen MR) is 51.3 cm³/mol. The van der Waals surface area contributed by atoms with Crippen LogP contribution in [0.15, 0.2) is 16.7 Å². The third kappa shape index (κ3) is 1.73. The van der Waals surface area contributed by atoms with E-state index < -0.39 is 0 Å². The molecule has 0 spiro atoms. The summed E-state index contributed by atoms with van der Waals surface area (Å²) in [5.41, 5.74) is 0.932. The van der Waals surface area contributed by atoms with Gasteiger partial charge < -0.3 is 9.15 Å². The third-order valence-electron chi connectivity index (χ3n) is 2.68. The monoisotopic (exact) mass is 194 g/mol. The first-order valence-corrected chi connectivity index (χ1v) is 4.95. The van der Waals surface area contributed by atoms with Gasteiger partial charge >= 0.3 is 0 Å². The molecule has 1 aliphatic rings. The maximum atomic E-state index is 11.9. The van der Waals surface area contributed by atoms with Gasteiger partial charge in [-0.1, -0.05) is 0 Å². The molecule has 3 nitrogen and oxygen atoms in total. The van der Waals surface area contributed by atoms with Crippen LogP contribution in [0.25, 0.3) is 0 Å². The molecule has 0 aromatic carbocycles. The van der Waals surface area contributed by atoms with Gasteiger partial charge in [0.15, 0.2) is 5.76 Å². The average molecular weight is 194 g/mol. The van der Waals surface area contributed by atoms with Gasteiger partial charge in [0, 0.05) is 19.1 Å². The Kier molecular flexibility index (Phi) is 2.68. The minimum Gasteiger partial charge on any atom is -0.461 e. The third-order valence-corrected chi connectivity index (χ3v) is 2.68. The smallest absolute Gasteiger partial charge is 0.201 e. The molecule has 0 aliphatic carbocycles. The first-order chi connectivity index (χ1) is 6.79. The van der Waals surface area contributed by atoms with Gasteiger partial charge in [-0.3, -0.25) is 4.79 Å². The van der Waals surface area contributed by atoms with E-state index in [0.717, 1.165) is 18.4 Å². The number of Topliss-reactive ketones (excluding diaryl/α,β-unsaturated/α-hetero) is 1. The highest BCUT2D eigenvalue weighted by molar-refractivity contribution is 5.96. The molecule has 1 aromatic rings. The van der Waals surface area contributed by atoms with Crippen molar-refractivity contribution in [2.24, 2.45) is 5.92 Å². The summed E-state index contributed by atoms with van der Waals surface area (Å²) in [6, 6.07) is 1.83. The Morgan fingerprint density at radius 3 is 2.71 bits per heavy atom. The van der Waals surface area contributed by atoms with E-state index >= 15 is 0 Å². The Morgan fingerprint density at radius 1 is 1.43 bits per heavy atom. The van der Waals surface area contributed by atoms with Crippen molar-refractivity contribution >= 4 is 5.78 Å². The summed E-state index contributed by atoms with van der Waals surface area (Å²) in [4.78, 5) is 11.9. The molecule has 0 amide bonds. The molecule has 1 aliphatic heterocycles. The second kappa shape index (κ2) is 3.96. The highest BCUT2D eigenvalue weighted by Crippen LogP contribution is 2.22. The average Bonchev–Trinajstić information content (AvgIpc) is 2.65. The van der Waals surface area contributed by atoms with Crippen molar-refractivity contribution in [2.75, 3.05) is 13.2 Å². The number of carbonyl (C=O) groups excluding carboxylic acids is 1. The van der Waals surface area contributed by atoms with Crippen LogP contribution in [0.2, 0.25) is 0 Å². The summed E-state index contributed by atoms with van der Waals surface area (Å²) in [6.07, 6.45) is 3.21. The minimum absolute atomic E-state index is 0.0913. The van der Waals surface area contributed by atoms with Crippen LogP contribution in [0.5, 0.6) is 0 Å². The zero-order valence-corrected chi connectivity index (χ0v) is 8.29. The molecular weight excluding hydrogens is 180 g/mol. The molecule has 3 heteroatoms. The number of furan rings is 1. The summed E-state index contributed by atoms with van der Waals surface area (Å²) in [5.74, 6) is 0.751. The van der Waals surface area contributed by atoms with E-state index in [4.69, 9.17) is 9.15 Å². The molecule has 1 fully saturated rings. The molecule has 0 unspecified atom stereocenters. The molecule has 0 saturated carbocycles. The van der Waals surface area contributed by atoms with Crippen molar-refractivity contribution in [3.8, 4) is 0 Å². The normalized spacial score (nSPS) is 18.4. The lowest BCUT2D eigenvalue weighted by Crippen LogP contribution is -2.23. The van der Waals surface area contributed by atoms with Gasteiger partial charge in [0.2, 0.25) is 5.78 Å². The molecule has 2 heterocycles. The first-order valence-electron chi connectivity index (χ1n) is 4.95. The number of ketones is 1. The number of aryl methyl sites for hydroxylation is 1. The second-order valence-electron chi connectivity index (χ2n) is 3.68. The van der Waals surface area contributed by atoms with Crippen LogP contribution in [0.4, 0.5) is 0 Å². The van der Waals surface area contributed by atoms with Gasteiger partial charge in [-0.05, 0) is 31.4 Å². The Balaban J connectivity index is 2.11. The van der Waals surface area contributed by atoms with Gasteiger partial charge in [-0.2, -0.15) is 0 Å². The molecule has 0 bridgehead atoms. The van der Waals surface area contributed by atoms with Gasteiger partial charge in [-0.25, -0.2) is 0 Å². The number of rotatable bonds is 2. The maximum Gasteiger partial charge on any atom is 0.201 e. The van der Waals surface area contributed by atoms with Crippen LogP contribution in [-0.4, -0.2) is 19.0 Å². The van der Waals surface area contributed by atoms with Crippen LogP contribution < -0.4 is 0 Å². The number of carbonyl (C=O) groups is 1. The summed E-state index contributed by atoms with van der Waals surface area (Å²) in [5, 5.41) is 0. The van der Waals surface area contributed by atoms with Crippen molar-refractivity contribution in [3.63, 3.8) is 0 Å². The Labute approximate surface area is 83.0 Å². The zero-order chi connectivity index (χ0) is 9.97. The van der Waals surface area contributed by atoms with Crippen molar-refractivity contribution < 1.29 is 13.9 Å². The molecule has 1 aromatic heterocycles. The fourth-order valence-electron chi connectivity index (χ4n) is 1.77. The lowest BCUT2D eigenvalue weighted by Gasteiger charge is -2.19. The van der Waals surface area contributed by atoms with Crippen molar-refractivity contribution in [3.05, 3.63) is 23.7 Å². The van der Waals surface area contributed by atoms with Crippen molar-refractivity contribution in [1.29, 1.82) is 0 Å². The van der Waals surface area contributed by atoms with Crippen LogP contribution in [0.3, 0.4) is 0 Å². The van der Waals surface area contributed by atoms with Gasteiger partial charge in [0.1, 0.15) is 0 Å². The lowest BCUT2D eigenvalue weighted by atomic mass is 9.93. The molecule has 0 atom stereocenters. The molecular formula is C11H14O3. The summed E-state index contributed by atoms with van der Waals surface area (Å²) >= 11 is 0. The number of ether oxygens (including phenoxy) is 1. The van der Waals surface area contributed by atoms with Crippen LogP contribution in [0, 0.1) is 12.8 Å². The van der Waals surface area contributed by atoms with Gasteiger partial charge in [0.05, 0.1) is 6.26 Å². The lowest BCUT2D eigenvalue weighted by molar-refractivity contribution is 0.0527. The molecule has 0 radical (unpaired) electrons. The molecule has 0 N–H and O–H groups in total. The summed E-state index contributed by atoms with van der Waals surface area (Å²) < 4.78 is 10.4. The Bertz CT molecular complexity index is 321. The van der Waals surface area contributed by atoms with E-state index in [1.165, 1.54) is 0 Å². The quantitative estimate of drug-likeness (QED) is 0.677. The largest absolute Gasteiger partial charge is 0.461 e. The van der Waals surface area contributed by atoms with Crippen LogP contribution in [-0.2, 0) is 4.74 Å². The highest BCUT2D eigenvalue weighted by Gasteiger charge is 2.25. The van der Waals surface area contributed by atoms with Gasteiger partial charge in [-0.15, -0.1) is 0 Å². The molecule has 76 valence electrons. The highest BCUT2D eigenvalue weighted by atomic mass is 16.5. The second-order valence-corrected chi connectivity index (χ2v) is 3.68. The summed E-state index contributed by atoms with van der Waals surface area (Å²) in [6.45, 7) is 3.28. The Morgan fingerprint density at radius 2 is 2.14 bits per heavy atom. The van der Waals surface area contributed by atoms with E-state index in [1.807, 2.05) is 13.0 Å². The standard InChI is InChI=1S/C11H14O3/c1-8-2-7-14-11(8)10(12)9-3-5-13-6-4-9/h2,7,9H,3-6H2,1H3.